The van der Waals surface area contributed by atoms with Crippen molar-refractivity contribution >= 4 is 49.5 Å². The third kappa shape index (κ3) is 5.30. The van der Waals surface area contributed by atoms with Gasteiger partial charge in [-0.3, -0.25) is 0 Å². The van der Waals surface area contributed by atoms with Gasteiger partial charge >= 0.3 is 0 Å². The van der Waals surface area contributed by atoms with Crippen LogP contribution in [-0.4, -0.2) is 11.2 Å². The lowest BCUT2D eigenvalue weighted by atomic mass is 9.84. The highest BCUT2D eigenvalue weighted by molar-refractivity contribution is 6.16. The van der Waals surface area contributed by atoms with Crippen molar-refractivity contribution in [1.29, 1.82) is 0 Å². The predicted octanol–water partition coefficient (Wildman–Crippen LogP) is 14.5. The minimum absolute atomic E-state index is 0.01000. The molecule has 0 amide bonds. The monoisotopic (exact) mass is 746 g/mol. The molecule has 1 aliphatic heterocycles. The summed E-state index contributed by atoms with van der Waals surface area (Å²) in [5, 5.41) is 15.5. The second-order valence-corrected chi connectivity index (χ2v) is 15.4. The van der Waals surface area contributed by atoms with Gasteiger partial charge in [0.1, 0.15) is 39.9 Å². The Morgan fingerprint density at radius 3 is 1.47 bits per heavy atom. The SMILES string of the molecule is OC1=CC2Oc3ccc(-c4ccc(-c5ccc6oc7cc8oc9ccc(-c%10ccccc%10)cc9c8cc7c6c5)cc4)cc3C2C=C1c1cccc(-c2ccccc2)c1. The fourth-order valence-electron chi connectivity index (χ4n) is 8.96. The van der Waals surface area contributed by atoms with Gasteiger partial charge in [-0.2, -0.15) is 0 Å². The molecular formula is C54H34O4. The van der Waals surface area contributed by atoms with E-state index >= 15 is 0 Å². The van der Waals surface area contributed by atoms with Gasteiger partial charge in [0, 0.05) is 44.7 Å². The Morgan fingerprint density at radius 1 is 0.362 bits per heavy atom. The third-order valence-corrected chi connectivity index (χ3v) is 11.9. The van der Waals surface area contributed by atoms with E-state index in [0.29, 0.717) is 0 Å². The summed E-state index contributed by atoms with van der Waals surface area (Å²) in [6.45, 7) is 0. The van der Waals surface area contributed by atoms with Gasteiger partial charge in [-0.05, 0) is 105 Å². The molecule has 2 unspecified atom stereocenters. The van der Waals surface area contributed by atoms with E-state index in [0.717, 1.165) is 105 Å². The number of furan rings is 2. The number of fused-ring (bicyclic) bond motifs is 9. The van der Waals surface area contributed by atoms with Crippen molar-refractivity contribution < 1.29 is 18.7 Å². The van der Waals surface area contributed by atoms with Crippen LogP contribution in [0.15, 0.2) is 203 Å². The smallest absolute Gasteiger partial charge is 0.139 e. The van der Waals surface area contributed by atoms with Crippen molar-refractivity contribution in [2.45, 2.75) is 12.0 Å². The molecule has 0 saturated carbocycles. The Bertz CT molecular complexity index is 3310. The molecule has 0 fully saturated rings. The maximum Gasteiger partial charge on any atom is 0.139 e. The summed E-state index contributed by atoms with van der Waals surface area (Å²) < 4.78 is 19.0. The molecule has 10 aromatic rings. The minimum atomic E-state index is -0.252. The number of allylic oxidation sites excluding steroid dienone is 1. The molecule has 274 valence electrons. The summed E-state index contributed by atoms with van der Waals surface area (Å²) in [5.41, 5.74) is 15.4. The molecule has 0 saturated heterocycles. The van der Waals surface area contributed by atoms with E-state index in [1.54, 1.807) is 0 Å². The molecule has 2 aromatic heterocycles. The Morgan fingerprint density at radius 2 is 0.845 bits per heavy atom. The van der Waals surface area contributed by atoms with Gasteiger partial charge in [-0.25, -0.2) is 0 Å². The number of hydrogen-bond donors (Lipinski definition) is 1. The fourth-order valence-corrected chi connectivity index (χ4v) is 8.96. The van der Waals surface area contributed by atoms with E-state index < -0.39 is 0 Å². The highest BCUT2D eigenvalue weighted by atomic mass is 16.5. The van der Waals surface area contributed by atoms with E-state index in [9.17, 15) is 5.11 Å². The molecule has 0 radical (unpaired) electrons. The maximum absolute atomic E-state index is 11.2. The Hall–Kier alpha value is -7.56. The molecule has 8 aromatic carbocycles. The highest BCUT2D eigenvalue weighted by Crippen LogP contribution is 2.47. The normalized spacial score (nSPS) is 16.0. The van der Waals surface area contributed by atoms with Crippen LogP contribution in [0.3, 0.4) is 0 Å². The molecule has 1 N–H and O–H groups in total. The number of rotatable bonds is 5. The minimum Gasteiger partial charge on any atom is -0.508 e. The van der Waals surface area contributed by atoms with Crippen LogP contribution < -0.4 is 4.74 Å². The number of aliphatic hydroxyl groups is 1. The molecule has 0 spiro atoms. The molecule has 1 aliphatic carbocycles. The van der Waals surface area contributed by atoms with Gasteiger partial charge in [-0.15, -0.1) is 0 Å². The van der Waals surface area contributed by atoms with Crippen molar-refractivity contribution in [2.24, 2.45) is 0 Å². The third-order valence-electron chi connectivity index (χ3n) is 11.9. The van der Waals surface area contributed by atoms with Crippen LogP contribution in [0.4, 0.5) is 0 Å². The second-order valence-electron chi connectivity index (χ2n) is 15.4. The number of benzene rings is 8. The summed E-state index contributed by atoms with van der Waals surface area (Å²) in [6, 6.07) is 61.4. The van der Waals surface area contributed by atoms with E-state index in [4.69, 9.17) is 13.6 Å². The number of aliphatic hydroxyl groups excluding tert-OH is 1. The second kappa shape index (κ2) is 12.7. The van der Waals surface area contributed by atoms with E-state index in [-0.39, 0.29) is 17.8 Å². The first-order chi connectivity index (χ1) is 28.6. The first-order valence-corrected chi connectivity index (χ1v) is 19.7. The molecule has 2 aliphatic rings. The van der Waals surface area contributed by atoms with E-state index in [2.05, 4.69) is 152 Å². The largest absolute Gasteiger partial charge is 0.508 e. The predicted molar refractivity (Wildman–Crippen MR) is 235 cm³/mol. The molecular weight excluding hydrogens is 713 g/mol. The van der Waals surface area contributed by atoms with Crippen LogP contribution in [0.25, 0.3) is 94.0 Å². The highest BCUT2D eigenvalue weighted by Gasteiger charge is 2.36. The molecule has 4 nitrogen and oxygen atoms in total. The van der Waals surface area contributed by atoms with Gasteiger partial charge in [0.05, 0.1) is 0 Å². The van der Waals surface area contributed by atoms with Gasteiger partial charge in [0.15, 0.2) is 0 Å². The van der Waals surface area contributed by atoms with E-state index in [1.165, 1.54) is 5.56 Å². The van der Waals surface area contributed by atoms with Crippen molar-refractivity contribution in [2.75, 3.05) is 0 Å². The summed E-state index contributed by atoms with van der Waals surface area (Å²) in [5.74, 6) is 1.09. The lowest BCUT2D eigenvalue weighted by Gasteiger charge is -2.21. The average Bonchev–Trinajstić information content (AvgIpc) is 3.95. The zero-order valence-corrected chi connectivity index (χ0v) is 31.2. The van der Waals surface area contributed by atoms with Crippen LogP contribution in [0.5, 0.6) is 5.75 Å². The summed E-state index contributed by atoms with van der Waals surface area (Å²) in [6.07, 6.45) is 3.77. The number of ether oxygens (including phenoxy) is 1. The van der Waals surface area contributed by atoms with E-state index in [1.807, 2.05) is 36.4 Å². The van der Waals surface area contributed by atoms with Crippen molar-refractivity contribution in [1.82, 2.24) is 0 Å². The summed E-state index contributed by atoms with van der Waals surface area (Å²) >= 11 is 0. The Kier molecular flexibility index (Phi) is 7.17. The van der Waals surface area contributed by atoms with Crippen LogP contribution >= 0.6 is 0 Å². The first kappa shape index (κ1) is 32.7. The topological polar surface area (TPSA) is 55.7 Å². The zero-order chi connectivity index (χ0) is 38.3. The van der Waals surface area contributed by atoms with Crippen molar-refractivity contribution in [3.05, 3.63) is 205 Å². The van der Waals surface area contributed by atoms with Gasteiger partial charge in [0.2, 0.25) is 0 Å². The van der Waals surface area contributed by atoms with Gasteiger partial charge in [0.25, 0.3) is 0 Å². The molecule has 0 bridgehead atoms. The standard InChI is InChI=1S/C54H34O4/c55-48-30-52-45(28-41(48)40-13-7-12-36(24-40)32-8-3-1-4-9-32)42-26-38(19-22-49(42)56-52)34-14-16-35(17-15-34)39-20-23-51-44(27-39)47-29-46-43-25-37(33-10-5-2-6-11-33)18-21-50(43)57-53(46)31-54(47)58-51/h1-31,45,52,55H. The lowest BCUT2D eigenvalue weighted by molar-refractivity contribution is 0.260. The summed E-state index contributed by atoms with van der Waals surface area (Å²) in [7, 11) is 0. The summed E-state index contributed by atoms with van der Waals surface area (Å²) in [4.78, 5) is 0. The zero-order valence-electron chi connectivity index (χ0n) is 31.2. The number of hydrogen-bond acceptors (Lipinski definition) is 4. The molecule has 3 heterocycles. The molecule has 4 heteroatoms. The van der Waals surface area contributed by atoms with Crippen LogP contribution in [-0.2, 0) is 0 Å². The maximum atomic E-state index is 11.2. The van der Waals surface area contributed by atoms with Crippen LogP contribution in [0, 0.1) is 0 Å². The van der Waals surface area contributed by atoms with Crippen molar-refractivity contribution in [3.8, 4) is 50.3 Å². The van der Waals surface area contributed by atoms with Crippen LogP contribution in [0.1, 0.15) is 17.0 Å². The first-order valence-electron chi connectivity index (χ1n) is 19.7. The van der Waals surface area contributed by atoms with Crippen LogP contribution in [0.2, 0.25) is 0 Å². The Balaban J connectivity index is 0.858. The quantitative estimate of drug-likeness (QED) is 0.191. The lowest BCUT2D eigenvalue weighted by Crippen LogP contribution is -2.19. The molecule has 58 heavy (non-hydrogen) atoms. The molecule has 2 atom stereocenters. The van der Waals surface area contributed by atoms with Crippen molar-refractivity contribution in [3.63, 3.8) is 0 Å². The average molecular weight is 747 g/mol. The van der Waals surface area contributed by atoms with Gasteiger partial charge in [-0.1, -0.05) is 127 Å². The van der Waals surface area contributed by atoms with Gasteiger partial charge < -0.3 is 18.7 Å². The fraction of sp³-hybridized carbons (Fsp3) is 0.0370. The Labute approximate surface area is 334 Å². The molecule has 12 rings (SSSR count).